The van der Waals surface area contributed by atoms with E-state index in [2.05, 4.69) is 47.3 Å². The van der Waals surface area contributed by atoms with Crippen LogP contribution in [0.5, 0.6) is 0 Å². The van der Waals surface area contributed by atoms with Crippen molar-refractivity contribution in [2.45, 2.75) is 44.7 Å². The van der Waals surface area contributed by atoms with Crippen LogP contribution in [-0.2, 0) is 16.6 Å². The first-order valence-electron chi connectivity index (χ1n) is 13.2. The minimum atomic E-state index is -0.234. The Bertz CT molecular complexity index is 1070. The molecule has 2 N–H and O–H groups in total. The van der Waals surface area contributed by atoms with E-state index >= 15 is 0 Å². The lowest BCUT2D eigenvalue weighted by molar-refractivity contribution is -0.120. The summed E-state index contributed by atoms with van der Waals surface area (Å²) in [6.07, 6.45) is 2.56. The Morgan fingerprint density at radius 3 is 2.67 bits per heavy atom. The van der Waals surface area contributed by atoms with Crippen molar-refractivity contribution in [1.82, 2.24) is 25.4 Å². The lowest BCUT2D eigenvalue weighted by Gasteiger charge is -2.42. The normalized spacial score (nSPS) is 24.6. The summed E-state index contributed by atoms with van der Waals surface area (Å²) in [7, 11) is 0. The number of piperazine rings is 2. The van der Waals surface area contributed by atoms with Crippen molar-refractivity contribution in [1.29, 1.82) is 0 Å². The molecule has 2 aromatic rings. The molecule has 1 aromatic heterocycles. The topological polar surface area (TPSA) is 63.7 Å². The summed E-state index contributed by atoms with van der Waals surface area (Å²) in [6.45, 7) is 14.5. The van der Waals surface area contributed by atoms with Gasteiger partial charge in [-0.15, -0.1) is 0 Å². The SMILES string of the molecule is C[C@@H]1CN(CC(=O)N2CC(C)(C)c3ncc(Cc4ccc(F)cc4)cc32)[C@@H](CN2CCNCC2)CN1. The van der Waals surface area contributed by atoms with E-state index in [0.717, 1.165) is 68.3 Å². The van der Waals surface area contributed by atoms with Gasteiger partial charge in [-0.2, -0.15) is 0 Å². The van der Waals surface area contributed by atoms with Crippen LogP contribution in [0.15, 0.2) is 36.5 Å². The van der Waals surface area contributed by atoms with Gasteiger partial charge in [0.25, 0.3) is 0 Å². The Hall–Kier alpha value is -2.39. The van der Waals surface area contributed by atoms with E-state index in [-0.39, 0.29) is 17.1 Å². The molecule has 0 bridgehead atoms. The summed E-state index contributed by atoms with van der Waals surface area (Å²) in [6, 6.07) is 9.38. The van der Waals surface area contributed by atoms with Gasteiger partial charge in [0.2, 0.25) is 5.91 Å². The van der Waals surface area contributed by atoms with Crippen LogP contribution in [0, 0.1) is 5.82 Å². The molecular weight excluding hydrogens is 455 g/mol. The number of fused-ring (bicyclic) bond motifs is 1. The molecule has 0 radical (unpaired) electrons. The van der Waals surface area contributed by atoms with E-state index in [1.165, 1.54) is 12.1 Å². The van der Waals surface area contributed by atoms with Crippen LogP contribution in [0.1, 0.15) is 37.6 Å². The van der Waals surface area contributed by atoms with E-state index in [1.807, 2.05) is 11.1 Å². The standard InChI is InChI=1S/C28H39FN6O/c1-20-16-34(24(15-31-20)17-33-10-8-30-9-11-33)18-26(36)35-19-28(2,3)27-25(35)13-22(14-32-27)12-21-4-6-23(29)7-5-21/h4-7,13-14,20,24,30-31H,8-12,15-19H2,1-3H3/t20-,24-/m1/s1. The van der Waals surface area contributed by atoms with Gasteiger partial charge < -0.3 is 15.5 Å². The first-order chi connectivity index (χ1) is 17.3. The Morgan fingerprint density at radius 2 is 1.92 bits per heavy atom. The Balaban J connectivity index is 1.32. The Kier molecular flexibility index (Phi) is 7.40. The van der Waals surface area contributed by atoms with Crippen molar-refractivity contribution >= 4 is 11.6 Å². The van der Waals surface area contributed by atoms with Gasteiger partial charge >= 0.3 is 0 Å². The number of benzene rings is 1. The zero-order valence-electron chi connectivity index (χ0n) is 21.8. The van der Waals surface area contributed by atoms with E-state index in [0.29, 0.717) is 31.6 Å². The van der Waals surface area contributed by atoms with Crippen LogP contribution in [0.2, 0.25) is 0 Å². The summed E-state index contributed by atoms with van der Waals surface area (Å²) in [5.41, 5.74) is 3.76. The Labute approximate surface area is 214 Å². The van der Waals surface area contributed by atoms with Crippen LogP contribution >= 0.6 is 0 Å². The number of hydrogen-bond donors (Lipinski definition) is 2. The number of amides is 1. The van der Waals surface area contributed by atoms with Crippen molar-refractivity contribution < 1.29 is 9.18 Å². The van der Waals surface area contributed by atoms with Crippen molar-refractivity contribution in [2.75, 3.05) is 63.8 Å². The Morgan fingerprint density at radius 1 is 1.17 bits per heavy atom. The first-order valence-corrected chi connectivity index (χ1v) is 13.2. The number of rotatable bonds is 6. The van der Waals surface area contributed by atoms with Crippen molar-refractivity contribution in [2.24, 2.45) is 0 Å². The van der Waals surface area contributed by atoms with Gasteiger partial charge in [-0.25, -0.2) is 4.39 Å². The molecule has 7 nitrogen and oxygen atoms in total. The van der Waals surface area contributed by atoms with Gasteiger partial charge in [0.15, 0.2) is 0 Å². The van der Waals surface area contributed by atoms with Crippen LogP contribution in [0.3, 0.4) is 0 Å². The van der Waals surface area contributed by atoms with E-state index in [4.69, 9.17) is 4.98 Å². The lowest BCUT2D eigenvalue weighted by Crippen LogP contribution is -2.61. The fraction of sp³-hybridized carbons (Fsp3) is 0.571. The molecule has 5 rings (SSSR count). The lowest BCUT2D eigenvalue weighted by atomic mass is 9.91. The molecule has 0 saturated carbocycles. The van der Waals surface area contributed by atoms with Crippen LogP contribution < -0.4 is 15.5 Å². The molecule has 4 heterocycles. The molecule has 2 atom stereocenters. The van der Waals surface area contributed by atoms with Crippen LogP contribution in [0.4, 0.5) is 10.1 Å². The number of halogens is 1. The van der Waals surface area contributed by atoms with E-state index < -0.39 is 0 Å². The highest BCUT2D eigenvalue weighted by molar-refractivity contribution is 5.97. The molecule has 1 amide bonds. The third kappa shape index (κ3) is 5.62. The van der Waals surface area contributed by atoms with Gasteiger partial charge in [0, 0.05) is 76.1 Å². The number of nitrogens with one attached hydrogen (secondary N) is 2. The van der Waals surface area contributed by atoms with Gasteiger partial charge in [0.1, 0.15) is 5.82 Å². The average molecular weight is 495 g/mol. The molecule has 8 heteroatoms. The summed E-state index contributed by atoms with van der Waals surface area (Å²) < 4.78 is 13.3. The maximum absolute atomic E-state index is 13.8. The molecule has 2 fully saturated rings. The fourth-order valence-electron chi connectivity index (χ4n) is 5.79. The second-order valence-electron chi connectivity index (χ2n) is 11.3. The number of anilines is 1. The highest BCUT2D eigenvalue weighted by Crippen LogP contribution is 2.39. The minimum Gasteiger partial charge on any atom is -0.314 e. The van der Waals surface area contributed by atoms with E-state index in [1.54, 1.807) is 12.1 Å². The zero-order valence-corrected chi connectivity index (χ0v) is 21.8. The number of hydrogen-bond acceptors (Lipinski definition) is 6. The minimum absolute atomic E-state index is 0.141. The van der Waals surface area contributed by atoms with Gasteiger partial charge in [-0.05, 0) is 42.7 Å². The molecule has 0 spiro atoms. The number of carbonyl (C=O) groups is 1. The summed E-state index contributed by atoms with van der Waals surface area (Å²) in [5.74, 6) is -0.0937. The third-order valence-electron chi connectivity index (χ3n) is 7.78. The highest BCUT2D eigenvalue weighted by Gasteiger charge is 2.40. The predicted molar refractivity (Wildman–Crippen MR) is 141 cm³/mol. The number of nitrogens with zero attached hydrogens (tertiary/aromatic N) is 4. The maximum atomic E-state index is 13.8. The average Bonchev–Trinajstić information content (AvgIpc) is 3.13. The number of aromatic nitrogens is 1. The molecule has 2 saturated heterocycles. The summed E-state index contributed by atoms with van der Waals surface area (Å²) >= 11 is 0. The monoisotopic (exact) mass is 494 g/mol. The molecule has 3 aliphatic rings. The largest absolute Gasteiger partial charge is 0.314 e. The first kappa shape index (κ1) is 25.3. The van der Waals surface area contributed by atoms with Gasteiger partial charge in [0.05, 0.1) is 17.9 Å². The predicted octanol–water partition coefficient (Wildman–Crippen LogP) is 2.00. The molecule has 0 aliphatic carbocycles. The van der Waals surface area contributed by atoms with Gasteiger partial charge in [-0.3, -0.25) is 19.6 Å². The van der Waals surface area contributed by atoms with Crippen molar-refractivity contribution in [3.8, 4) is 0 Å². The zero-order chi connectivity index (χ0) is 25.3. The van der Waals surface area contributed by atoms with Crippen LogP contribution in [-0.4, -0.2) is 91.7 Å². The summed E-state index contributed by atoms with van der Waals surface area (Å²) in [5, 5.41) is 7.04. The molecule has 0 unspecified atom stereocenters. The second-order valence-corrected chi connectivity index (χ2v) is 11.3. The smallest absolute Gasteiger partial charge is 0.241 e. The van der Waals surface area contributed by atoms with E-state index in [9.17, 15) is 9.18 Å². The van der Waals surface area contributed by atoms with Crippen molar-refractivity contribution in [3.63, 3.8) is 0 Å². The number of carbonyl (C=O) groups excluding carboxylic acids is 1. The third-order valence-corrected chi connectivity index (χ3v) is 7.78. The molecular formula is C28H39FN6O. The van der Waals surface area contributed by atoms with Crippen molar-refractivity contribution in [3.05, 3.63) is 59.2 Å². The highest BCUT2D eigenvalue weighted by atomic mass is 19.1. The molecule has 3 aliphatic heterocycles. The molecule has 1 aromatic carbocycles. The fourth-order valence-corrected chi connectivity index (χ4v) is 5.79. The summed E-state index contributed by atoms with van der Waals surface area (Å²) in [4.78, 5) is 25.4. The molecule has 36 heavy (non-hydrogen) atoms. The maximum Gasteiger partial charge on any atom is 0.241 e. The van der Waals surface area contributed by atoms with Crippen LogP contribution in [0.25, 0.3) is 0 Å². The number of pyridine rings is 1. The molecule has 194 valence electrons. The second kappa shape index (κ2) is 10.5. The quantitative estimate of drug-likeness (QED) is 0.641. The van der Waals surface area contributed by atoms with Gasteiger partial charge in [-0.1, -0.05) is 26.0 Å².